The van der Waals surface area contributed by atoms with E-state index in [0.717, 1.165) is 29.4 Å². The van der Waals surface area contributed by atoms with Crippen LogP contribution in [0, 0.1) is 6.92 Å². The third-order valence-corrected chi connectivity index (χ3v) is 5.13. The molecular formula is C21H21BrN4O2. The minimum atomic E-state index is -0.120. The molecule has 3 aromatic heterocycles. The average Bonchev–Trinajstić information content (AvgIpc) is 3.32. The minimum absolute atomic E-state index is 0.120. The van der Waals surface area contributed by atoms with Gasteiger partial charge in [-0.3, -0.25) is 9.48 Å². The molecule has 1 aromatic carbocycles. The van der Waals surface area contributed by atoms with Crippen LogP contribution in [0.3, 0.4) is 0 Å². The highest BCUT2D eigenvalue weighted by Crippen LogP contribution is 2.27. The van der Waals surface area contributed by atoms with E-state index in [2.05, 4.69) is 58.0 Å². The number of allylic oxidation sites excluding steroid dienone is 1. The van der Waals surface area contributed by atoms with Crippen molar-refractivity contribution in [2.45, 2.75) is 26.4 Å². The van der Waals surface area contributed by atoms with Crippen LogP contribution in [0.1, 0.15) is 22.5 Å². The van der Waals surface area contributed by atoms with E-state index in [1.165, 1.54) is 5.56 Å². The number of fused-ring (bicyclic) bond motifs is 2. The first kappa shape index (κ1) is 18.6. The van der Waals surface area contributed by atoms with E-state index in [0.29, 0.717) is 29.0 Å². The van der Waals surface area contributed by atoms with E-state index < -0.39 is 0 Å². The molecule has 0 fully saturated rings. The highest BCUT2D eigenvalue weighted by molar-refractivity contribution is 9.10. The number of rotatable bonds is 7. The number of furan rings is 1. The molecule has 7 heteroatoms. The van der Waals surface area contributed by atoms with E-state index in [1.54, 1.807) is 12.1 Å². The van der Waals surface area contributed by atoms with Crippen molar-refractivity contribution in [3.8, 4) is 0 Å². The van der Waals surface area contributed by atoms with Crippen LogP contribution in [0.5, 0.6) is 0 Å². The van der Waals surface area contributed by atoms with Crippen LogP contribution in [0.15, 0.2) is 58.3 Å². The van der Waals surface area contributed by atoms with Crippen molar-refractivity contribution in [2.75, 3.05) is 6.54 Å². The van der Waals surface area contributed by atoms with E-state index in [1.807, 2.05) is 21.5 Å². The smallest absolute Gasteiger partial charge is 0.268 e. The maximum Gasteiger partial charge on any atom is 0.268 e. The second-order valence-corrected chi connectivity index (χ2v) is 7.55. The van der Waals surface area contributed by atoms with Crippen LogP contribution in [-0.2, 0) is 13.1 Å². The van der Waals surface area contributed by atoms with E-state index in [-0.39, 0.29) is 5.91 Å². The maximum absolute atomic E-state index is 12.7. The van der Waals surface area contributed by atoms with Crippen LogP contribution in [0.2, 0.25) is 0 Å². The average molecular weight is 441 g/mol. The van der Waals surface area contributed by atoms with Gasteiger partial charge in [0.05, 0.1) is 17.2 Å². The normalized spacial score (nSPS) is 11.4. The first-order valence-corrected chi connectivity index (χ1v) is 9.96. The summed E-state index contributed by atoms with van der Waals surface area (Å²) in [5, 5.41) is 8.58. The lowest BCUT2D eigenvalue weighted by atomic mass is 10.2. The number of hydrogen-bond donors (Lipinski definition) is 1. The Kier molecular flexibility index (Phi) is 5.09. The number of nitrogens with one attached hydrogen (secondary N) is 1. The van der Waals surface area contributed by atoms with Crippen LogP contribution in [-0.4, -0.2) is 26.8 Å². The summed E-state index contributed by atoms with van der Waals surface area (Å²) in [6, 6.07) is 9.93. The molecule has 0 saturated carbocycles. The highest BCUT2D eigenvalue weighted by Gasteiger charge is 2.17. The Hall–Kier alpha value is -2.80. The second kappa shape index (κ2) is 7.67. The Bertz CT molecular complexity index is 1170. The van der Waals surface area contributed by atoms with Gasteiger partial charge in [-0.2, -0.15) is 5.10 Å². The number of carbonyl (C=O) groups excluding carboxylic acids is 1. The third kappa shape index (κ3) is 3.49. The van der Waals surface area contributed by atoms with Crippen molar-refractivity contribution in [2.24, 2.45) is 0 Å². The van der Waals surface area contributed by atoms with Crippen molar-refractivity contribution >= 4 is 43.8 Å². The molecule has 4 aromatic rings. The number of hydrogen-bond acceptors (Lipinski definition) is 3. The number of amides is 1. The number of aromatic nitrogens is 3. The summed E-state index contributed by atoms with van der Waals surface area (Å²) in [4.78, 5) is 12.7. The Morgan fingerprint density at radius 3 is 3.00 bits per heavy atom. The van der Waals surface area contributed by atoms with Gasteiger partial charge in [0.25, 0.3) is 5.91 Å². The van der Waals surface area contributed by atoms with Gasteiger partial charge in [-0.25, -0.2) is 0 Å². The van der Waals surface area contributed by atoms with Crippen molar-refractivity contribution in [1.29, 1.82) is 0 Å². The van der Waals surface area contributed by atoms with Crippen LogP contribution < -0.4 is 5.32 Å². The maximum atomic E-state index is 12.7. The number of carbonyl (C=O) groups is 1. The molecule has 3 heterocycles. The lowest BCUT2D eigenvalue weighted by Gasteiger charge is -2.09. The topological polar surface area (TPSA) is 65.0 Å². The fourth-order valence-electron chi connectivity index (χ4n) is 3.41. The molecule has 0 atom stereocenters. The molecule has 0 aliphatic carbocycles. The summed E-state index contributed by atoms with van der Waals surface area (Å²) >= 11 is 3.33. The van der Waals surface area contributed by atoms with Crippen molar-refractivity contribution in [1.82, 2.24) is 19.7 Å². The fourth-order valence-corrected chi connectivity index (χ4v) is 3.80. The Labute approximate surface area is 170 Å². The summed E-state index contributed by atoms with van der Waals surface area (Å²) in [6.07, 6.45) is 4.44. The lowest BCUT2D eigenvalue weighted by Crippen LogP contribution is -2.27. The molecular weight excluding hydrogens is 420 g/mol. The van der Waals surface area contributed by atoms with Gasteiger partial charge >= 0.3 is 0 Å². The van der Waals surface area contributed by atoms with Crippen molar-refractivity contribution in [3.63, 3.8) is 0 Å². The number of aryl methyl sites for hydroxylation is 2. The predicted octanol–water partition coefficient (Wildman–Crippen LogP) is 4.66. The summed E-state index contributed by atoms with van der Waals surface area (Å²) in [7, 11) is 0. The predicted molar refractivity (Wildman–Crippen MR) is 114 cm³/mol. The number of benzene rings is 1. The molecule has 0 unspecified atom stereocenters. The number of halogens is 1. The van der Waals surface area contributed by atoms with Gasteiger partial charge in [-0.1, -0.05) is 18.2 Å². The molecule has 0 aliphatic heterocycles. The van der Waals surface area contributed by atoms with Crippen LogP contribution in [0.25, 0.3) is 22.0 Å². The molecule has 0 bridgehead atoms. The molecule has 6 nitrogen and oxygen atoms in total. The highest BCUT2D eigenvalue weighted by atomic mass is 79.9. The van der Waals surface area contributed by atoms with Crippen molar-refractivity contribution in [3.05, 3.63) is 65.1 Å². The van der Waals surface area contributed by atoms with Gasteiger partial charge in [0.15, 0.2) is 10.3 Å². The van der Waals surface area contributed by atoms with Crippen LogP contribution >= 0.6 is 15.9 Å². The van der Waals surface area contributed by atoms with Gasteiger partial charge in [0.1, 0.15) is 5.69 Å². The van der Waals surface area contributed by atoms with Gasteiger partial charge < -0.3 is 14.3 Å². The zero-order valence-corrected chi connectivity index (χ0v) is 17.2. The van der Waals surface area contributed by atoms with Gasteiger partial charge in [-0.05, 0) is 40.9 Å². The molecule has 4 rings (SSSR count). The fraction of sp³-hybridized carbons (Fsp3) is 0.238. The summed E-state index contributed by atoms with van der Waals surface area (Å²) in [5.41, 5.74) is 4.45. The van der Waals surface area contributed by atoms with E-state index in [4.69, 9.17) is 4.42 Å². The SMILES string of the molecule is C=CCn1c(C(=O)NCCCn2ncc3ccc(C)cc32)cc2oc(Br)cc21. The Morgan fingerprint density at radius 2 is 2.18 bits per heavy atom. The van der Waals surface area contributed by atoms with Gasteiger partial charge in [0.2, 0.25) is 0 Å². The first-order chi connectivity index (χ1) is 13.6. The quantitative estimate of drug-likeness (QED) is 0.335. The Balaban J connectivity index is 1.41. The van der Waals surface area contributed by atoms with Crippen molar-refractivity contribution < 1.29 is 9.21 Å². The van der Waals surface area contributed by atoms with Gasteiger partial charge in [-0.15, -0.1) is 6.58 Å². The van der Waals surface area contributed by atoms with E-state index in [9.17, 15) is 4.79 Å². The number of nitrogens with zero attached hydrogens (tertiary/aromatic N) is 3. The minimum Gasteiger partial charge on any atom is -0.448 e. The molecule has 0 spiro atoms. The molecule has 0 radical (unpaired) electrons. The molecule has 1 N–H and O–H groups in total. The zero-order valence-electron chi connectivity index (χ0n) is 15.6. The first-order valence-electron chi connectivity index (χ1n) is 9.16. The largest absolute Gasteiger partial charge is 0.448 e. The molecule has 0 saturated heterocycles. The van der Waals surface area contributed by atoms with Crippen LogP contribution in [0.4, 0.5) is 0 Å². The standard InChI is InChI=1S/C21H21BrN4O2/c1-3-8-25-17-12-20(22)28-19(17)11-18(25)21(27)23-7-4-9-26-16-10-14(2)5-6-15(16)13-24-26/h3,5-6,10-13H,1,4,7-9H2,2H3,(H,23,27). The summed E-state index contributed by atoms with van der Waals surface area (Å²) in [6.45, 7) is 7.70. The molecule has 28 heavy (non-hydrogen) atoms. The molecule has 1 amide bonds. The molecule has 144 valence electrons. The zero-order chi connectivity index (χ0) is 19.7. The summed E-state index contributed by atoms with van der Waals surface area (Å²) < 4.78 is 10.1. The van der Waals surface area contributed by atoms with E-state index >= 15 is 0 Å². The monoisotopic (exact) mass is 440 g/mol. The molecule has 0 aliphatic rings. The van der Waals surface area contributed by atoms with Gasteiger partial charge in [0, 0.05) is 37.2 Å². The third-order valence-electron chi connectivity index (χ3n) is 4.74. The lowest BCUT2D eigenvalue weighted by molar-refractivity contribution is 0.0944. The Morgan fingerprint density at radius 1 is 1.32 bits per heavy atom. The summed E-state index contributed by atoms with van der Waals surface area (Å²) in [5.74, 6) is -0.120. The second-order valence-electron chi connectivity index (χ2n) is 6.77.